The number of carbonyl (C=O) groups is 1. The molecule has 0 saturated carbocycles. The van der Waals surface area contributed by atoms with Gasteiger partial charge in [-0.2, -0.15) is 13.2 Å². The van der Waals surface area contributed by atoms with Crippen molar-refractivity contribution in [2.45, 2.75) is 18.6 Å². The standard InChI is InChI=1S/C25H19F4N3O/c26-19-10-4-1-8-17(19)23-22-16(15-7-2-5-11-20(15)30-22)13-14-32(23)24(33)31-21-12-6-3-9-18(21)25(27,28)29/h1-12,23,30H,13-14H2,(H,31,33). The summed E-state index contributed by atoms with van der Waals surface area (Å²) in [6.07, 6.45) is -4.14. The highest BCUT2D eigenvalue weighted by Gasteiger charge is 2.38. The van der Waals surface area contributed by atoms with Gasteiger partial charge >= 0.3 is 12.2 Å². The summed E-state index contributed by atoms with van der Waals surface area (Å²) < 4.78 is 55.2. The second-order valence-corrected chi connectivity index (χ2v) is 7.90. The Hall–Kier alpha value is -3.81. The summed E-state index contributed by atoms with van der Waals surface area (Å²) in [4.78, 5) is 18.0. The number of para-hydroxylation sites is 2. The number of H-pyrrole nitrogens is 1. The van der Waals surface area contributed by atoms with E-state index < -0.39 is 29.6 Å². The molecule has 3 aromatic carbocycles. The molecule has 1 atom stereocenters. The summed E-state index contributed by atoms with van der Waals surface area (Å²) in [5, 5.41) is 3.38. The van der Waals surface area contributed by atoms with Gasteiger partial charge in [0, 0.05) is 28.7 Å². The largest absolute Gasteiger partial charge is 0.418 e. The molecule has 4 aromatic rings. The third kappa shape index (κ3) is 3.71. The number of hydrogen-bond acceptors (Lipinski definition) is 1. The molecule has 1 unspecified atom stereocenters. The van der Waals surface area contributed by atoms with Crippen molar-refractivity contribution in [3.63, 3.8) is 0 Å². The zero-order valence-electron chi connectivity index (χ0n) is 17.3. The minimum atomic E-state index is -4.62. The van der Waals surface area contributed by atoms with Crippen LogP contribution in [0.2, 0.25) is 0 Å². The Morgan fingerprint density at radius 1 is 0.970 bits per heavy atom. The van der Waals surface area contributed by atoms with Gasteiger partial charge in [-0.1, -0.05) is 48.5 Å². The van der Waals surface area contributed by atoms with E-state index in [-0.39, 0.29) is 17.8 Å². The highest BCUT2D eigenvalue weighted by atomic mass is 19.4. The first-order valence-corrected chi connectivity index (χ1v) is 10.4. The molecule has 2 heterocycles. The minimum Gasteiger partial charge on any atom is -0.356 e. The molecule has 0 radical (unpaired) electrons. The van der Waals surface area contributed by atoms with Crippen LogP contribution in [-0.4, -0.2) is 22.5 Å². The Bertz CT molecular complexity index is 1340. The summed E-state index contributed by atoms with van der Waals surface area (Å²) >= 11 is 0. The Morgan fingerprint density at radius 3 is 2.45 bits per heavy atom. The van der Waals surface area contributed by atoms with Gasteiger partial charge in [-0.15, -0.1) is 0 Å². The van der Waals surface area contributed by atoms with E-state index in [0.717, 1.165) is 22.5 Å². The highest BCUT2D eigenvalue weighted by molar-refractivity contribution is 5.92. The normalized spacial score (nSPS) is 16.0. The van der Waals surface area contributed by atoms with Gasteiger partial charge in [-0.25, -0.2) is 9.18 Å². The lowest BCUT2D eigenvalue weighted by Crippen LogP contribution is -2.43. The molecule has 2 amide bonds. The molecular weight excluding hydrogens is 434 g/mol. The van der Waals surface area contributed by atoms with Crippen LogP contribution in [0.3, 0.4) is 0 Å². The van der Waals surface area contributed by atoms with E-state index in [0.29, 0.717) is 12.1 Å². The number of anilines is 1. The van der Waals surface area contributed by atoms with Crippen molar-refractivity contribution in [1.82, 2.24) is 9.88 Å². The zero-order valence-corrected chi connectivity index (χ0v) is 17.3. The summed E-state index contributed by atoms with van der Waals surface area (Å²) in [5.41, 5.74) is 1.47. The van der Waals surface area contributed by atoms with Crippen LogP contribution < -0.4 is 5.32 Å². The second-order valence-electron chi connectivity index (χ2n) is 7.90. The van der Waals surface area contributed by atoms with Crippen molar-refractivity contribution in [2.24, 2.45) is 0 Å². The number of hydrogen-bond donors (Lipinski definition) is 2. The van der Waals surface area contributed by atoms with Gasteiger partial charge in [-0.3, -0.25) is 0 Å². The Balaban J connectivity index is 1.59. The molecule has 33 heavy (non-hydrogen) atoms. The van der Waals surface area contributed by atoms with Crippen LogP contribution in [0.1, 0.15) is 28.4 Å². The van der Waals surface area contributed by atoms with E-state index in [1.54, 1.807) is 18.2 Å². The SMILES string of the molecule is O=C(Nc1ccccc1C(F)(F)F)N1CCc2c([nH]c3ccccc23)C1c1ccccc1F. The molecule has 4 nitrogen and oxygen atoms in total. The molecule has 5 rings (SSSR count). The molecule has 0 bridgehead atoms. The van der Waals surface area contributed by atoms with Gasteiger partial charge in [-0.05, 0) is 36.2 Å². The molecule has 168 valence electrons. The minimum absolute atomic E-state index is 0.216. The highest BCUT2D eigenvalue weighted by Crippen LogP contribution is 2.40. The van der Waals surface area contributed by atoms with E-state index in [2.05, 4.69) is 10.3 Å². The van der Waals surface area contributed by atoms with Crippen LogP contribution in [0.15, 0.2) is 72.8 Å². The second kappa shape index (κ2) is 7.95. The summed E-state index contributed by atoms with van der Waals surface area (Å²) in [5.74, 6) is -0.498. The molecule has 0 fully saturated rings. The van der Waals surface area contributed by atoms with Crippen molar-refractivity contribution in [3.05, 3.63) is 101 Å². The molecule has 1 aliphatic heterocycles. The summed E-state index contributed by atoms with van der Waals surface area (Å²) in [6, 6.07) is 17.0. The predicted molar refractivity (Wildman–Crippen MR) is 117 cm³/mol. The molecule has 2 N–H and O–H groups in total. The smallest absolute Gasteiger partial charge is 0.356 e. The van der Waals surface area contributed by atoms with Crippen molar-refractivity contribution in [1.29, 1.82) is 0 Å². The van der Waals surface area contributed by atoms with Crippen LogP contribution in [0.4, 0.5) is 28.0 Å². The van der Waals surface area contributed by atoms with Crippen LogP contribution in [0, 0.1) is 5.82 Å². The van der Waals surface area contributed by atoms with Gasteiger partial charge in [0.05, 0.1) is 11.3 Å². The van der Waals surface area contributed by atoms with Gasteiger partial charge < -0.3 is 15.2 Å². The van der Waals surface area contributed by atoms with E-state index in [1.807, 2.05) is 24.3 Å². The van der Waals surface area contributed by atoms with E-state index in [1.165, 1.54) is 29.2 Å². The fraction of sp³-hybridized carbons (Fsp3) is 0.160. The Labute approximate surface area is 186 Å². The lowest BCUT2D eigenvalue weighted by atomic mass is 9.92. The molecule has 1 aromatic heterocycles. The number of urea groups is 1. The zero-order chi connectivity index (χ0) is 23.2. The maximum atomic E-state index is 14.9. The molecule has 0 saturated heterocycles. The average Bonchev–Trinajstić information content (AvgIpc) is 3.17. The fourth-order valence-corrected chi connectivity index (χ4v) is 4.51. The van der Waals surface area contributed by atoms with Gasteiger partial charge in [0.1, 0.15) is 11.9 Å². The molecule has 0 aliphatic carbocycles. The van der Waals surface area contributed by atoms with Gasteiger partial charge in [0.15, 0.2) is 0 Å². The lowest BCUT2D eigenvalue weighted by molar-refractivity contribution is -0.136. The molecule has 8 heteroatoms. The third-order valence-electron chi connectivity index (χ3n) is 5.97. The predicted octanol–water partition coefficient (Wildman–Crippen LogP) is 6.51. The molecule has 0 spiro atoms. The number of rotatable bonds is 2. The van der Waals surface area contributed by atoms with Crippen LogP contribution in [-0.2, 0) is 12.6 Å². The Morgan fingerprint density at radius 2 is 1.67 bits per heavy atom. The number of benzene rings is 3. The molecule has 1 aliphatic rings. The van der Waals surface area contributed by atoms with Crippen molar-refractivity contribution in [3.8, 4) is 0 Å². The van der Waals surface area contributed by atoms with Crippen LogP contribution in [0.25, 0.3) is 10.9 Å². The van der Waals surface area contributed by atoms with Crippen molar-refractivity contribution >= 4 is 22.6 Å². The number of nitrogens with one attached hydrogen (secondary N) is 2. The topological polar surface area (TPSA) is 48.1 Å². The first kappa shape index (κ1) is 21.1. The van der Waals surface area contributed by atoms with E-state index in [9.17, 15) is 22.4 Å². The fourth-order valence-electron chi connectivity index (χ4n) is 4.51. The Kier molecular flexibility index (Phi) is 5.08. The van der Waals surface area contributed by atoms with Gasteiger partial charge in [0.25, 0.3) is 0 Å². The summed E-state index contributed by atoms with van der Waals surface area (Å²) in [7, 11) is 0. The lowest BCUT2D eigenvalue weighted by Gasteiger charge is -2.36. The molecular formula is C25H19F4N3O. The first-order chi connectivity index (χ1) is 15.8. The number of alkyl halides is 3. The third-order valence-corrected chi connectivity index (χ3v) is 5.97. The number of aromatic amines is 1. The number of fused-ring (bicyclic) bond motifs is 3. The number of nitrogens with zero attached hydrogens (tertiary/aromatic N) is 1. The quantitative estimate of drug-likeness (QED) is 0.334. The van der Waals surface area contributed by atoms with Crippen molar-refractivity contribution < 1.29 is 22.4 Å². The van der Waals surface area contributed by atoms with Crippen LogP contribution in [0.5, 0.6) is 0 Å². The summed E-state index contributed by atoms with van der Waals surface area (Å²) in [6.45, 7) is 0.216. The van der Waals surface area contributed by atoms with E-state index in [4.69, 9.17) is 0 Å². The van der Waals surface area contributed by atoms with Crippen molar-refractivity contribution in [2.75, 3.05) is 11.9 Å². The maximum absolute atomic E-state index is 14.9. The average molecular weight is 453 g/mol. The van der Waals surface area contributed by atoms with E-state index >= 15 is 0 Å². The first-order valence-electron chi connectivity index (χ1n) is 10.4. The number of amides is 2. The number of aromatic nitrogens is 1. The monoisotopic (exact) mass is 453 g/mol. The maximum Gasteiger partial charge on any atom is 0.418 e. The number of carbonyl (C=O) groups excluding carboxylic acids is 1. The van der Waals surface area contributed by atoms with Gasteiger partial charge in [0.2, 0.25) is 0 Å². The number of halogens is 4. The van der Waals surface area contributed by atoms with Crippen LogP contribution >= 0.6 is 0 Å².